The molecule has 0 spiro atoms. The summed E-state index contributed by atoms with van der Waals surface area (Å²) in [6, 6.07) is 17.3. The maximum absolute atomic E-state index is 12.1. The Bertz CT molecular complexity index is 1110. The van der Waals surface area contributed by atoms with Crippen molar-refractivity contribution in [3.05, 3.63) is 58.7 Å². The second-order valence-electron chi connectivity index (χ2n) is 7.62. The maximum Gasteiger partial charge on any atom is 0.224 e. The Kier molecular flexibility index (Phi) is 10.3. The molecule has 0 fully saturated rings. The van der Waals surface area contributed by atoms with E-state index in [1.165, 1.54) is 12.1 Å². The number of rotatable bonds is 11. The Balaban J connectivity index is 1.62. The van der Waals surface area contributed by atoms with E-state index < -0.39 is 0 Å². The number of hydrogen-bond acceptors (Lipinski definition) is 6. The lowest BCUT2D eigenvalue weighted by molar-refractivity contribution is -0.117. The summed E-state index contributed by atoms with van der Waals surface area (Å²) in [7, 11) is 0. The molecule has 0 heterocycles. The minimum absolute atomic E-state index is 0.170. The summed E-state index contributed by atoms with van der Waals surface area (Å²) in [6.45, 7) is 0. The zero-order valence-corrected chi connectivity index (χ0v) is 18.7. The van der Waals surface area contributed by atoms with Crippen molar-refractivity contribution in [2.75, 3.05) is 10.6 Å². The normalized spacial score (nSPS) is 9.65. The molecular weight excluding hydrogens is 428 g/mol. The molecule has 2 N–H and O–H groups in total. The van der Waals surface area contributed by atoms with Crippen molar-refractivity contribution >= 4 is 23.2 Å². The minimum atomic E-state index is -0.194. The van der Waals surface area contributed by atoms with E-state index in [1.807, 2.05) is 24.3 Å². The van der Waals surface area contributed by atoms with E-state index in [-0.39, 0.29) is 34.1 Å². The third kappa shape index (κ3) is 7.49. The van der Waals surface area contributed by atoms with Crippen LogP contribution in [0.15, 0.2) is 36.4 Å². The van der Waals surface area contributed by atoms with Crippen LogP contribution in [0.3, 0.4) is 0 Å². The highest BCUT2D eigenvalue weighted by atomic mass is 16.2. The molecule has 0 aliphatic rings. The van der Waals surface area contributed by atoms with Crippen LogP contribution < -0.4 is 10.6 Å². The molecular formula is C26H24N6O2. The summed E-state index contributed by atoms with van der Waals surface area (Å²) in [5, 5.41) is 41.9. The number of hydrogen-bond donors (Lipinski definition) is 2. The molecule has 2 amide bonds. The maximum atomic E-state index is 12.1. The highest BCUT2D eigenvalue weighted by Gasteiger charge is 2.11. The second kappa shape index (κ2) is 13.7. The molecule has 8 heteroatoms. The molecule has 2 aromatic carbocycles. The van der Waals surface area contributed by atoms with Crippen molar-refractivity contribution in [3.8, 4) is 24.3 Å². The summed E-state index contributed by atoms with van der Waals surface area (Å²) in [5.41, 5.74) is 1.51. The van der Waals surface area contributed by atoms with Gasteiger partial charge in [0.2, 0.25) is 11.8 Å². The molecule has 2 aromatic rings. The second-order valence-corrected chi connectivity index (χ2v) is 7.62. The zero-order valence-electron chi connectivity index (χ0n) is 18.7. The van der Waals surface area contributed by atoms with Crippen molar-refractivity contribution in [2.45, 2.75) is 51.4 Å². The Morgan fingerprint density at radius 1 is 0.588 bits per heavy atom. The van der Waals surface area contributed by atoms with Crippen LogP contribution >= 0.6 is 0 Å². The topological polar surface area (TPSA) is 153 Å². The van der Waals surface area contributed by atoms with Crippen LogP contribution in [0.4, 0.5) is 11.4 Å². The van der Waals surface area contributed by atoms with Crippen molar-refractivity contribution in [1.29, 1.82) is 21.0 Å². The largest absolute Gasteiger partial charge is 0.325 e. The predicted molar refractivity (Wildman–Crippen MR) is 126 cm³/mol. The van der Waals surface area contributed by atoms with Crippen molar-refractivity contribution in [3.63, 3.8) is 0 Å². The third-order valence-corrected chi connectivity index (χ3v) is 5.20. The van der Waals surface area contributed by atoms with Crippen LogP contribution in [-0.4, -0.2) is 11.8 Å². The van der Waals surface area contributed by atoms with Gasteiger partial charge in [-0.25, -0.2) is 0 Å². The number of nitrogens with zero attached hydrogens (tertiary/aromatic N) is 4. The first-order chi connectivity index (χ1) is 16.5. The molecule has 0 unspecified atom stereocenters. The lowest BCUT2D eigenvalue weighted by Gasteiger charge is -2.08. The molecule has 2 rings (SSSR count). The van der Waals surface area contributed by atoms with Gasteiger partial charge in [0, 0.05) is 12.8 Å². The molecule has 0 aliphatic heterocycles. The highest BCUT2D eigenvalue weighted by molar-refractivity contribution is 5.93. The molecule has 0 radical (unpaired) electrons. The fourth-order valence-electron chi connectivity index (χ4n) is 3.44. The first-order valence-electron chi connectivity index (χ1n) is 11.0. The van der Waals surface area contributed by atoms with Gasteiger partial charge in [-0.15, -0.1) is 0 Å². The van der Waals surface area contributed by atoms with Crippen LogP contribution in [-0.2, 0) is 9.59 Å². The van der Waals surface area contributed by atoms with Gasteiger partial charge < -0.3 is 10.6 Å². The average molecular weight is 453 g/mol. The average Bonchev–Trinajstić information content (AvgIpc) is 2.85. The van der Waals surface area contributed by atoms with Gasteiger partial charge in [0.15, 0.2) is 0 Å². The first-order valence-corrected chi connectivity index (χ1v) is 11.0. The number of benzene rings is 2. The van der Waals surface area contributed by atoms with Crippen LogP contribution in [0.5, 0.6) is 0 Å². The van der Waals surface area contributed by atoms with Crippen LogP contribution in [0.1, 0.15) is 73.6 Å². The Morgan fingerprint density at radius 2 is 0.971 bits per heavy atom. The fraction of sp³-hybridized carbons (Fsp3) is 0.308. The number of unbranched alkanes of at least 4 members (excludes halogenated alkanes) is 5. The number of nitriles is 4. The molecule has 0 saturated carbocycles. The number of nitrogens with one attached hydrogen (secondary N) is 2. The monoisotopic (exact) mass is 452 g/mol. The molecule has 0 atom stereocenters. The predicted octanol–water partition coefficient (Wildman–Crippen LogP) is 4.87. The molecule has 0 aliphatic carbocycles. The van der Waals surface area contributed by atoms with E-state index >= 15 is 0 Å². The van der Waals surface area contributed by atoms with E-state index in [0.29, 0.717) is 37.1 Å². The van der Waals surface area contributed by atoms with Crippen LogP contribution in [0.2, 0.25) is 0 Å². The first kappa shape index (κ1) is 25.6. The number of carbonyl (C=O) groups excluding carboxylic acids is 2. The van der Waals surface area contributed by atoms with Gasteiger partial charge in [0.05, 0.1) is 33.6 Å². The smallest absolute Gasteiger partial charge is 0.224 e. The molecule has 0 aromatic heterocycles. The molecule has 0 bridgehead atoms. The molecule has 170 valence electrons. The molecule has 34 heavy (non-hydrogen) atoms. The van der Waals surface area contributed by atoms with E-state index in [1.54, 1.807) is 24.3 Å². The third-order valence-electron chi connectivity index (χ3n) is 5.20. The van der Waals surface area contributed by atoms with Gasteiger partial charge in [-0.3, -0.25) is 9.59 Å². The molecule has 8 nitrogen and oxygen atoms in total. The minimum Gasteiger partial charge on any atom is -0.325 e. The summed E-state index contributed by atoms with van der Waals surface area (Å²) in [6.07, 6.45) is 5.68. The van der Waals surface area contributed by atoms with Crippen LogP contribution in [0, 0.1) is 45.3 Å². The summed E-state index contributed by atoms with van der Waals surface area (Å²) in [4.78, 5) is 24.3. The lowest BCUT2D eigenvalue weighted by atomic mass is 10.1. The van der Waals surface area contributed by atoms with Gasteiger partial charge >= 0.3 is 0 Å². The van der Waals surface area contributed by atoms with E-state index in [0.717, 1.165) is 25.7 Å². The van der Waals surface area contributed by atoms with Gasteiger partial charge in [-0.05, 0) is 37.1 Å². The van der Waals surface area contributed by atoms with Gasteiger partial charge in [-0.2, -0.15) is 21.0 Å². The van der Waals surface area contributed by atoms with E-state index in [4.69, 9.17) is 10.5 Å². The standard InChI is InChI=1S/C26H24N6O2/c27-15-19-9-7-11-23(21(19)17-29)31-25(33)13-5-3-1-2-4-6-14-26(34)32-24-12-8-10-20(16-28)22(24)18-30/h7-12H,1-6,13-14H2,(H,31,33)(H,32,34). The van der Waals surface area contributed by atoms with E-state index in [9.17, 15) is 20.1 Å². The lowest BCUT2D eigenvalue weighted by Crippen LogP contribution is -2.12. The fourth-order valence-corrected chi connectivity index (χ4v) is 3.44. The summed E-state index contributed by atoms with van der Waals surface area (Å²) >= 11 is 0. The van der Waals surface area contributed by atoms with Gasteiger partial charge in [-0.1, -0.05) is 37.8 Å². The Labute approximate surface area is 199 Å². The van der Waals surface area contributed by atoms with Crippen LogP contribution in [0.25, 0.3) is 0 Å². The Morgan fingerprint density at radius 3 is 1.32 bits per heavy atom. The van der Waals surface area contributed by atoms with Gasteiger partial charge in [0.25, 0.3) is 0 Å². The quantitative estimate of drug-likeness (QED) is 0.464. The zero-order chi connectivity index (χ0) is 24.8. The summed E-state index contributed by atoms with van der Waals surface area (Å²) in [5.74, 6) is -0.388. The highest BCUT2D eigenvalue weighted by Crippen LogP contribution is 2.20. The van der Waals surface area contributed by atoms with E-state index in [2.05, 4.69) is 10.6 Å². The number of anilines is 2. The number of carbonyl (C=O) groups is 2. The van der Waals surface area contributed by atoms with Crippen molar-refractivity contribution in [1.82, 2.24) is 0 Å². The van der Waals surface area contributed by atoms with Crippen molar-refractivity contribution in [2.24, 2.45) is 0 Å². The molecule has 0 saturated heterocycles. The summed E-state index contributed by atoms with van der Waals surface area (Å²) < 4.78 is 0. The Hall–Kier alpha value is -4.66. The van der Waals surface area contributed by atoms with Gasteiger partial charge in [0.1, 0.15) is 24.3 Å². The van der Waals surface area contributed by atoms with Crippen molar-refractivity contribution < 1.29 is 9.59 Å². The number of amides is 2. The SMILES string of the molecule is N#Cc1cccc(NC(=O)CCCCCCCCC(=O)Nc2cccc(C#N)c2C#N)c1C#N.